The molecule has 1 rings (SSSR count). The second-order valence-electron chi connectivity index (χ2n) is 1.81. The minimum absolute atomic E-state index is 0.192. The standard InChI is InChI=1S/C7H6ClNO/c1-2-5-3-6(8)7(10)9-4-5/h2-4H,1H2,(H,9,10). The number of aromatic amines is 1. The Morgan fingerprint density at radius 3 is 2.90 bits per heavy atom. The topological polar surface area (TPSA) is 32.9 Å². The van der Waals surface area contributed by atoms with Gasteiger partial charge in [0.2, 0.25) is 0 Å². The van der Waals surface area contributed by atoms with E-state index in [-0.39, 0.29) is 10.6 Å². The second kappa shape index (κ2) is 2.71. The van der Waals surface area contributed by atoms with Crippen LogP contribution in [0, 0.1) is 0 Å². The molecule has 0 aliphatic heterocycles. The van der Waals surface area contributed by atoms with Gasteiger partial charge in [0.05, 0.1) is 0 Å². The predicted molar refractivity (Wildman–Crippen MR) is 42.2 cm³/mol. The normalized spacial score (nSPS) is 9.30. The van der Waals surface area contributed by atoms with Crippen LogP contribution in [0.2, 0.25) is 5.02 Å². The lowest BCUT2D eigenvalue weighted by molar-refractivity contribution is 1.23. The molecule has 0 aliphatic rings. The van der Waals surface area contributed by atoms with E-state index in [0.717, 1.165) is 5.56 Å². The first-order valence-electron chi connectivity index (χ1n) is 2.74. The molecule has 0 unspecified atom stereocenters. The molecule has 1 N–H and O–H groups in total. The Labute approximate surface area is 63.2 Å². The van der Waals surface area contributed by atoms with Gasteiger partial charge in [-0.15, -0.1) is 0 Å². The largest absolute Gasteiger partial charge is 0.327 e. The summed E-state index contributed by atoms with van der Waals surface area (Å²) in [4.78, 5) is 13.1. The van der Waals surface area contributed by atoms with Crippen LogP contribution in [0.25, 0.3) is 6.08 Å². The molecule has 1 aromatic heterocycles. The minimum Gasteiger partial charge on any atom is -0.327 e. The molecule has 0 aliphatic carbocycles. The fraction of sp³-hybridized carbons (Fsp3) is 0. The molecule has 0 atom stereocenters. The van der Waals surface area contributed by atoms with E-state index in [0.29, 0.717) is 0 Å². The van der Waals surface area contributed by atoms with Crippen molar-refractivity contribution in [1.29, 1.82) is 0 Å². The summed E-state index contributed by atoms with van der Waals surface area (Å²) in [6.45, 7) is 3.52. The third-order valence-electron chi connectivity index (χ3n) is 1.12. The van der Waals surface area contributed by atoms with Crippen molar-refractivity contribution in [2.75, 3.05) is 0 Å². The summed E-state index contributed by atoms with van der Waals surface area (Å²) >= 11 is 5.50. The van der Waals surface area contributed by atoms with Gasteiger partial charge in [-0.05, 0) is 11.6 Å². The molecule has 0 saturated heterocycles. The summed E-state index contributed by atoms with van der Waals surface area (Å²) in [6.07, 6.45) is 3.17. The molecule has 10 heavy (non-hydrogen) atoms. The average molecular weight is 156 g/mol. The van der Waals surface area contributed by atoms with Gasteiger partial charge in [0, 0.05) is 6.20 Å². The van der Waals surface area contributed by atoms with E-state index in [2.05, 4.69) is 11.6 Å². The van der Waals surface area contributed by atoms with Crippen molar-refractivity contribution in [1.82, 2.24) is 4.98 Å². The van der Waals surface area contributed by atoms with Crippen LogP contribution in [-0.4, -0.2) is 4.98 Å². The first-order chi connectivity index (χ1) is 4.74. The summed E-state index contributed by atoms with van der Waals surface area (Å²) < 4.78 is 0. The zero-order valence-corrected chi connectivity index (χ0v) is 5.98. The van der Waals surface area contributed by atoms with Crippen molar-refractivity contribution >= 4 is 17.7 Å². The van der Waals surface area contributed by atoms with Crippen LogP contribution in [0.3, 0.4) is 0 Å². The molecule has 0 saturated carbocycles. The SMILES string of the molecule is C=Cc1c[nH]c(=O)c(Cl)c1. The van der Waals surface area contributed by atoms with Gasteiger partial charge >= 0.3 is 0 Å². The molecule has 0 bridgehead atoms. The van der Waals surface area contributed by atoms with Crippen LogP contribution in [0.4, 0.5) is 0 Å². The van der Waals surface area contributed by atoms with Gasteiger partial charge in [-0.1, -0.05) is 24.3 Å². The van der Waals surface area contributed by atoms with Gasteiger partial charge in [0.15, 0.2) is 0 Å². The maximum absolute atomic E-state index is 10.7. The van der Waals surface area contributed by atoms with E-state index in [1.807, 2.05) is 0 Å². The Morgan fingerprint density at radius 1 is 1.70 bits per heavy atom. The number of hydrogen-bond acceptors (Lipinski definition) is 1. The maximum Gasteiger partial charge on any atom is 0.266 e. The fourth-order valence-corrected chi connectivity index (χ4v) is 0.770. The van der Waals surface area contributed by atoms with Crippen LogP contribution in [0.5, 0.6) is 0 Å². The number of nitrogens with one attached hydrogen (secondary N) is 1. The lowest BCUT2D eigenvalue weighted by Gasteiger charge is -1.90. The number of rotatable bonds is 1. The minimum atomic E-state index is -0.271. The summed E-state index contributed by atoms with van der Waals surface area (Å²) in [5.41, 5.74) is 0.539. The summed E-state index contributed by atoms with van der Waals surface area (Å²) in [7, 11) is 0. The van der Waals surface area contributed by atoms with E-state index < -0.39 is 0 Å². The molecule has 52 valence electrons. The molecule has 0 aromatic carbocycles. The zero-order chi connectivity index (χ0) is 7.56. The van der Waals surface area contributed by atoms with Crippen molar-refractivity contribution in [3.63, 3.8) is 0 Å². The third-order valence-corrected chi connectivity index (χ3v) is 1.40. The number of H-pyrrole nitrogens is 1. The first kappa shape index (κ1) is 7.09. The zero-order valence-electron chi connectivity index (χ0n) is 5.23. The molecule has 3 heteroatoms. The number of hydrogen-bond donors (Lipinski definition) is 1. The molecule has 1 aromatic rings. The molecular formula is C7H6ClNO. The molecule has 2 nitrogen and oxygen atoms in total. The highest BCUT2D eigenvalue weighted by atomic mass is 35.5. The van der Waals surface area contributed by atoms with E-state index in [4.69, 9.17) is 11.6 Å². The lowest BCUT2D eigenvalue weighted by atomic mass is 10.3. The predicted octanol–water partition coefficient (Wildman–Crippen LogP) is 1.67. The van der Waals surface area contributed by atoms with E-state index in [1.54, 1.807) is 18.3 Å². The van der Waals surface area contributed by atoms with Gasteiger partial charge in [-0.2, -0.15) is 0 Å². The smallest absolute Gasteiger partial charge is 0.266 e. The van der Waals surface area contributed by atoms with E-state index in [9.17, 15) is 4.79 Å². The van der Waals surface area contributed by atoms with Crippen LogP contribution in [-0.2, 0) is 0 Å². The summed E-state index contributed by atoms with van der Waals surface area (Å²) in [6, 6.07) is 1.56. The average Bonchev–Trinajstić information content (AvgIpc) is 1.95. The van der Waals surface area contributed by atoms with Gasteiger partial charge in [-0.25, -0.2) is 0 Å². The van der Waals surface area contributed by atoms with Crippen LogP contribution < -0.4 is 5.56 Å². The second-order valence-corrected chi connectivity index (χ2v) is 2.22. The lowest BCUT2D eigenvalue weighted by Crippen LogP contribution is -2.04. The highest BCUT2D eigenvalue weighted by Crippen LogP contribution is 2.03. The highest BCUT2D eigenvalue weighted by Gasteiger charge is 1.93. The Bertz CT molecular complexity index is 303. The fourth-order valence-electron chi connectivity index (χ4n) is 0.589. The van der Waals surface area contributed by atoms with Crippen LogP contribution in [0.1, 0.15) is 5.56 Å². The Kier molecular flexibility index (Phi) is 1.92. The van der Waals surface area contributed by atoms with E-state index in [1.165, 1.54) is 0 Å². The molecule has 1 heterocycles. The molecule has 0 fully saturated rings. The van der Waals surface area contributed by atoms with Crippen molar-refractivity contribution in [2.45, 2.75) is 0 Å². The van der Waals surface area contributed by atoms with Crippen molar-refractivity contribution in [3.05, 3.63) is 39.8 Å². The quantitative estimate of drug-likeness (QED) is 0.658. The Hall–Kier alpha value is -1.02. The number of pyridine rings is 1. The summed E-state index contributed by atoms with van der Waals surface area (Å²) in [5, 5.41) is 0.192. The molecular weight excluding hydrogens is 150 g/mol. The summed E-state index contributed by atoms with van der Waals surface area (Å²) in [5.74, 6) is 0. The molecule has 0 amide bonds. The van der Waals surface area contributed by atoms with Crippen molar-refractivity contribution in [2.24, 2.45) is 0 Å². The Morgan fingerprint density at radius 2 is 2.40 bits per heavy atom. The molecule has 0 spiro atoms. The monoisotopic (exact) mass is 155 g/mol. The van der Waals surface area contributed by atoms with Gasteiger partial charge in [0.25, 0.3) is 5.56 Å². The van der Waals surface area contributed by atoms with Gasteiger partial charge < -0.3 is 4.98 Å². The first-order valence-corrected chi connectivity index (χ1v) is 3.12. The van der Waals surface area contributed by atoms with Gasteiger partial charge in [-0.3, -0.25) is 4.79 Å². The Balaban J connectivity index is 3.29. The maximum atomic E-state index is 10.7. The third kappa shape index (κ3) is 1.28. The highest BCUT2D eigenvalue weighted by molar-refractivity contribution is 6.30. The number of halogens is 1. The van der Waals surface area contributed by atoms with Crippen molar-refractivity contribution < 1.29 is 0 Å². The van der Waals surface area contributed by atoms with Crippen LogP contribution >= 0.6 is 11.6 Å². The molecule has 0 radical (unpaired) electrons. The van der Waals surface area contributed by atoms with Crippen LogP contribution in [0.15, 0.2) is 23.6 Å². The van der Waals surface area contributed by atoms with Crippen molar-refractivity contribution in [3.8, 4) is 0 Å². The van der Waals surface area contributed by atoms with Gasteiger partial charge in [0.1, 0.15) is 5.02 Å². The van der Waals surface area contributed by atoms with E-state index >= 15 is 0 Å². The number of aromatic nitrogens is 1.